The van der Waals surface area contributed by atoms with Crippen molar-refractivity contribution in [2.75, 3.05) is 13.2 Å². The van der Waals surface area contributed by atoms with E-state index in [1.165, 1.54) is 0 Å². The summed E-state index contributed by atoms with van der Waals surface area (Å²) in [4.78, 5) is 12.1. The van der Waals surface area contributed by atoms with E-state index in [0.717, 1.165) is 16.5 Å². The fraction of sp³-hybridized carbons (Fsp3) is 0.263. The summed E-state index contributed by atoms with van der Waals surface area (Å²) in [6.45, 7) is 3.77. The van der Waals surface area contributed by atoms with Crippen LogP contribution in [0.25, 0.3) is 10.9 Å². The maximum atomic E-state index is 12.1. The van der Waals surface area contributed by atoms with Crippen molar-refractivity contribution in [3.05, 3.63) is 65.9 Å². The first-order valence-corrected chi connectivity index (χ1v) is 8.04. The number of rotatable bonds is 7. The third-order valence-corrected chi connectivity index (χ3v) is 3.69. The Morgan fingerprint density at radius 1 is 1.08 bits per heavy atom. The van der Waals surface area contributed by atoms with Gasteiger partial charge < -0.3 is 9.47 Å². The van der Waals surface area contributed by atoms with Gasteiger partial charge in [-0.3, -0.25) is 4.68 Å². The largest absolute Gasteiger partial charge is 0.461 e. The van der Waals surface area contributed by atoms with Gasteiger partial charge in [0.25, 0.3) is 0 Å². The molecule has 0 spiro atoms. The van der Waals surface area contributed by atoms with Crippen molar-refractivity contribution in [3.8, 4) is 0 Å². The number of para-hydroxylation sites is 1. The van der Waals surface area contributed by atoms with Gasteiger partial charge >= 0.3 is 5.97 Å². The van der Waals surface area contributed by atoms with Crippen LogP contribution in [0.15, 0.2) is 54.6 Å². The van der Waals surface area contributed by atoms with Crippen LogP contribution in [0.4, 0.5) is 0 Å². The molecule has 24 heavy (non-hydrogen) atoms. The lowest BCUT2D eigenvalue weighted by Gasteiger charge is -2.05. The Bertz CT molecular complexity index is 812. The van der Waals surface area contributed by atoms with E-state index >= 15 is 0 Å². The highest BCUT2D eigenvalue weighted by Gasteiger charge is 2.17. The molecule has 1 heterocycles. The minimum atomic E-state index is -0.391. The molecule has 0 unspecified atom stereocenters. The lowest BCUT2D eigenvalue weighted by atomic mass is 10.2. The van der Waals surface area contributed by atoms with Crippen molar-refractivity contribution in [1.82, 2.24) is 9.78 Å². The van der Waals surface area contributed by atoms with Crippen LogP contribution in [0.2, 0.25) is 0 Å². The summed E-state index contributed by atoms with van der Waals surface area (Å²) in [5, 5.41) is 5.22. The number of ether oxygens (including phenoxy) is 2. The van der Waals surface area contributed by atoms with E-state index in [2.05, 4.69) is 5.10 Å². The van der Waals surface area contributed by atoms with Gasteiger partial charge in [0.05, 0.1) is 31.9 Å². The van der Waals surface area contributed by atoms with Gasteiger partial charge in [-0.2, -0.15) is 5.10 Å². The maximum Gasteiger partial charge on any atom is 0.359 e. The van der Waals surface area contributed by atoms with Crippen LogP contribution in [0, 0.1) is 0 Å². The second-order valence-electron chi connectivity index (χ2n) is 5.35. The fourth-order valence-electron chi connectivity index (χ4n) is 2.56. The van der Waals surface area contributed by atoms with Gasteiger partial charge in [0.1, 0.15) is 0 Å². The number of esters is 1. The van der Waals surface area contributed by atoms with Crippen molar-refractivity contribution >= 4 is 16.9 Å². The molecule has 1 aromatic heterocycles. The SMILES string of the molecule is CCOC(=O)c1nn(CCOCc2ccccc2)c2ccccc12. The van der Waals surface area contributed by atoms with E-state index in [0.29, 0.717) is 32.1 Å². The zero-order valence-electron chi connectivity index (χ0n) is 13.6. The van der Waals surface area contributed by atoms with Crippen LogP contribution < -0.4 is 0 Å². The molecule has 5 heteroatoms. The summed E-state index contributed by atoms with van der Waals surface area (Å²) in [6, 6.07) is 17.7. The topological polar surface area (TPSA) is 53.3 Å². The Kier molecular flexibility index (Phi) is 5.23. The highest BCUT2D eigenvalue weighted by molar-refractivity contribution is 6.02. The maximum absolute atomic E-state index is 12.1. The monoisotopic (exact) mass is 324 g/mol. The minimum Gasteiger partial charge on any atom is -0.461 e. The Hall–Kier alpha value is -2.66. The zero-order chi connectivity index (χ0) is 16.8. The van der Waals surface area contributed by atoms with E-state index in [1.54, 1.807) is 11.6 Å². The molecule has 0 bridgehead atoms. The van der Waals surface area contributed by atoms with Crippen LogP contribution in [-0.2, 0) is 22.6 Å². The highest BCUT2D eigenvalue weighted by atomic mass is 16.5. The number of benzene rings is 2. The second-order valence-corrected chi connectivity index (χ2v) is 5.35. The second kappa shape index (κ2) is 7.75. The summed E-state index contributed by atoms with van der Waals surface area (Å²) in [6.07, 6.45) is 0. The van der Waals surface area contributed by atoms with Crippen LogP contribution in [-0.4, -0.2) is 29.0 Å². The third kappa shape index (κ3) is 3.63. The Labute approximate surface area is 140 Å². The molecule has 0 fully saturated rings. The molecule has 2 aromatic carbocycles. The van der Waals surface area contributed by atoms with Crippen molar-refractivity contribution in [1.29, 1.82) is 0 Å². The van der Waals surface area contributed by atoms with Crippen molar-refractivity contribution in [3.63, 3.8) is 0 Å². The van der Waals surface area contributed by atoms with Gasteiger partial charge in [0.15, 0.2) is 5.69 Å². The lowest BCUT2D eigenvalue weighted by Crippen LogP contribution is -2.10. The van der Waals surface area contributed by atoms with E-state index in [1.807, 2.05) is 54.6 Å². The smallest absolute Gasteiger partial charge is 0.359 e. The van der Waals surface area contributed by atoms with Crippen molar-refractivity contribution in [2.45, 2.75) is 20.1 Å². The average molecular weight is 324 g/mol. The zero-order valence-corrected chi connectivity index (χ0v) is 13.6. The third-order valence-electron chi connectivity index (χ3n) is 3.69. The Balaban J connectivity index is 1.69. The predicted octanol–water partition coefficient (Wildman–Crippen LogP) is 3.43. The molecule has 0 amide bonds. The molecule has 0 radical (unpaired) electrons. The number of carbonyl (C=O) groups is 1. The summed E-state index contributed by atoms with van der Waals surface area (Å²) >= 11 is 0. The predicted molar refractivity (Wildman–Crippen MR) is 91.8 cm³/mol. The minimum absolute atomic E-state index is 0.334. The molecule has 3 rings (SSSR count). The molecule has 0 N–H and O–H groups in total. The summed E-state index contributed by atoms with van der Waals surface area (Å²) in [5.74, 6) is -0.391. The molecular weight excluding hydrogens is 304 g/mol. The summed E-state index contributed by atoms with van der Waals surface area (Å²) in [5.41, 5.74) is 2.40. The number of hydrogen-bond donors (Lipinski definition) is 0. The highest BCUT2D eigenvalue weighted by Crippen LogP contribution is 2.19. The number of aromatic nitrogens is 2. The van der Waals surface area contributed by atoms with Crippen LogP contribution in [0.5, 0.6) is 0 Å². The molecular formula is C19H20N2O3. The number of fused-ring (bicyclic) bond motifs is 1. The molecule has 124 valence electrons. The first-order chi connectivity index (χ1) is 11.8. The molecule has 0 aliphatic rings. The number of carbonyl (C=O) groups excluding carboxylic acids is 1. The summed E-state index contributed by atoms with van der Waals surface area (Å²) in [7, 11) is 0. The molecule has 0 saturated carbocycles. The summed E-state index contributed by atoms with van der Waals surface area (Å²) < 4.78 is 12.6. The van der Waals surface area contributed by atoms with Crippen molar-refractivity contribution < 1.29 is 14.3 Å². The fourth-order valence-corrected chi connectivity index (χ4v) is 2.56. The van der Waals surface area contributed by atoms with Crippen LogP contribution in [0.1, 0.15) is 23.0 Å². The van der Waals surface area contributed by atoms with E-state index in [4.69, 9.17) is 9.47 Å². The van der Waals surface area contributed by atoms with Crippen LogP contribution >= 0.6 is 0 Å². The molecule has 0 atom stereocenters. The van der Waals surface area contributed by atoms with E-state index in [9.17, 15) is 4.79 Å². The van der Waals surface area contributed by atoms with Gasteiger partial charge in [0.2, 0.25) is 0 Å². The Morgan fingerprint density at radius 2 is 1.83 bits per heavy atom. The van der Waals surface area contributed by atoms with E-state index in [-0.39, 0.29) is 0 Å². The van der Waals surface area contributed by atoms with Gasteiger partial charge in [-0.1, -0.05) is 48.5 Å². The van der Waals surface area contributed by atoms with Gasteiger partial charge in [-0.25, -0.2) is 4.79 Å². The Morgan fingerprint density at radius 3 is 2.62 bits per heavy atom. The quantitative estimate of drug-likeness (QED) is 0.493. The van der Waals surface area contributed by atoms with Crippen LogP contribution in [0.3, 0.4) is 0 Å². The van der Waals surface area contributed by atoms with Gasteiger partial charge in [-0.15, -0.1) is 0 Å². The molecule has 3 aromatic rings. The normalized spacial score (nSPS) is 10.9. The number of hydrogen-bond acceptors (Lipinski definition) is 4. The lowest BCUT2D eigenvalue weighted by molar-refractivity contribution is 0.0519. The van der Waals surface area contributed by atoms with Gasteiger partial charge in [-0.05, 0) is 18.6 Å². The first-order valence-electron chi connectivity index (χ1n) is 8.04. The molecule has 5 nitrogen and oxygen atoms in total. The molecule has 0 saturated heterocycles. The molecule has 0 aliphatic carbocycles. The number of nitrogens with zero attached hydrogens (tertiary/aromatic N) is 2. The first kappa shape index (κ1) is 16.2. The van der Waals surface area contributed by atoms with Crippen molar-refractivity contribution in [2.24, 2.45) is 0 Å². The standard InChI is InChI=1S/C19H20N2O3/c1-2-24-19(22)18-16-10-6-7-11-17(16)21(20-18)12-13-23-14-15-8-4-3-5-9-15/h3-11H,2,12-14H2,1H3. The average Bonchev–Trinajstić information content (AvgIpc) is 2.99. The molecule has 0 aliphatic heterocycles. The van der Waals surface area contributed by atoms with E-state index < -0.39 is 5.97 Å². The van der Waals surface area contributed by atoms with Gasteiger partial charge in [0, 0.05) is 5.39 Å².